The van der Waals surface area contributed by atoms with Gasteiger partial charge in [0.2, 0.25) is 5.78 Å². The summed E-state index contributed by atoms with van der Waals surface area (Å²) in [7, 11) is 0. The molecule has 2 aromatic rings. The second-order valence-electron chi connectivity index (χ2n) is 5.08. The van der Waals surface area contributed by atoms with Gasteiger partial charge in [0.25, 0.3) is 5.69 Å². The zero-order chi connectivity index (χ0) is 18.4. The van der Waals surface area contributed by atoms with Gasteiger partial charge in [-0.2, -0.15) is 0 Å². The molecule has 8 heteroatoms. The highest BCUT2D eigenvalue weighted by atomic mass is 79.9. The normalized spacial score (nSPS) is 10.2. The molecule has 130 valence electrons. The fraction of sp³-hybridized carbons (Fsp3) is 0.176. The van der Waals surface area contributed by atoms with E-state index in [0.29, 0.717) is 11.3 Å². The van der Waals surface area contributed by atoms with Crippen LogP contribution in [0.15, 0.2) is 46.9 Å². The second kappa shape index (κ2) is 8.39. The van der Waals surface area contributed by atoms with Gasteiger partial charge in [0.05, 0.1) is 4.92 Å². The van der Waals surface area contributed by atoms with E-state index >= 15 is 0 Å². The lowest BCUT2D eigenvalue weighted by atomic mass is 10.1. The second-order valence-corrected chi connectivity index (χ2v) is 6.00. The van der Waals surface area contributed by atoms with E-state index in [0.717, 1.165) is 4.47 Å². The van der Waals surface area contributed by atoms with Gasteiger partial charge in [0, 0.05) is 21.7 Å². The molecule has 25 heavy (non-hydrogen) atoms. The van der Waals surface area contributed by atoms with Crippen molar-refractivity contribution in [2.45, 2.75) is 6.92 Å². The molecule has 0 aliphatic carbocycles. The van der Waals surface area contributed by atoms with Crippen LogP contribution in [-0.2, 0) is 9.53 Å². The van der Waals surface area contributed by atoms with Crippen LogP contribution in [0.3, 0.4) is 0 Å². The molecule has 0 bridgehead atoms. The van der Waals surface area contributed by atoms with Crippen LogP contribution in [0.5, 0.6) is 5.75 Å². The molecule has 0 heterocycles. The van der Waals surface area contributed by atoms with Crippen molar-refractivity contribution < 1.29 is 24.0 Å². The van der Waals surface area contributed by atoms with Crippen LogP contribution in [-0.4, -0.2) is 29.9 Å². The number of hydrogen-bond acceptors (Lipinski definition) is 6. The maximum atomic E-state index is 12.0. The first-order valence-corrected chi connectivity index (χ1v) is 7.98. The van der Waals surface area contributed by atoms with Crippen molar-refractivity contribution in [2.24, 2.45) is 0 Å². The molecule has 0 saturated heterocycles. The SMILES string of the molecule is Cc1ccc(C(=O)COC(=O)COc2ccc(Br)cc2)cc1[N+](=O)[O-]. The lowest BCUT2D eigenvalue weighted by Crippen LogP contribution is -2.19. The van der Waals surface area contributed by atoms with Crippen molar-refractivity contribution in [3.63, 3.8) is 0 Å². The van der Waals surface area contributed by atoms with Gasteiger partial charge in [0.15, 0.2) is 13.2 Å². The Bertz CT molecular complexity index is 803. The van der Waals surface area contributed by atoms with Crippen LogP contribution >= 0.6 is 15.9 Å². The number of aryl methyl sites for hydroxylation is 1. The van der Waals surface area contributed by atoms with E-state index in [-0.39, 0.29) is 17.9 Å². The summed E-state index contributed by atoms with van der Waals surface area (Å²) in [6.45, 7) is 0.720. The number of Topliss-reactive ketones (excluding diaryl/α,β-unsaturated/α-hetero) is 1. The average Bonchev–Trinajstić information content (AvgIpc) is 2.59. The first-order valence-electron chi connectivity index (χ1n) is 7.19. The molecule has 0 saturated carbocycles. The zero-order valence-electron chi connectivity index (χ0n) is 13.2. The van der Waals surface area contributed by atoms with Gasteiger partial charge in [-0.3, -0.25) is 14.9 Å². The largest absolute Gasteiger partial charge is 0.482 e. The summed E-state index contributed by atoms with van der Waals surface area (Å²) < 4.78 is 10.9. The third-order valence-electron chi connectivity index (χ3n) is 3.26. The third kappa shape index (κ3) is 5.39. The van der Waals surface area contributed by atoms with Gasteiger partial charge in [-0.1, -0.05) is 28.1 Å². The Kier molecular flexibility index (Phi) is 6.24. The molecule has 0 spiro atoms. The van der Waals surface area contributed by atoms with Gasteiger partial charge in [0.1, 0.15) is 5.75 Å². The number of nitro benzene ring substituents is 1. The monoisotopic (exact) mass is 407 g/mol. The number of rotatable bonds is 7. The number of nitro groups is 1. The maximum Gasteiger partial charge on any atom is 0.344 e. The first-order chi connectivity index (χ1) is 11.9. The summed E-state index contributed by atoms with van der Waals surface area (Å²) in [5.74, 6) is -0.751. The Morgan fingerprint density at radius 3 is 2.44 bits per heavy atom. The summed E-state index contributed by atoms with van der Waals surface area (Å²) in [5.41, 5.74) is 0.399. The van der Waals surface area contributed by atoms with Crippen LogP contribution < -0.4 is 4.74 Å². The molecule has 0 radical (unpaired) electrons. The highest BCUT2D eigenvalue weighted by Crippen LogP contribution is 2.19. The van der Waals surface area contributed by atoms with Gasteiger partial charge in [-0.25, -0.2) is 4.79 Å². The van der Waals surface area contributed by atoms with Crippen molar-refractivity contribution in [2.75, 3.05) is 13.2 Å². The molecule has 2 rings (SSSR count). The van der Waals surface area contributed by atoms with Crippen molar-refractivity contribution in [3.8, 4) is 5.75 Å². The topological polar surface area (TPSA) is 95.7 Å². The Morgan fingerprint density at radius 2 is 1.80 bits per heavy atom. The Balaban J connectivity index is 1.87. The Morgan fingerprint density at radius 1 is 1.12 bits per heavy atom. The molecular weight excluding hydrogens is 394 g/mol. The van der Waals surface area contributed by atoms with Gasteiger partial charge in [-0.15, -0.1) is 0 Å². The number of hydrogen-bond donors (Lipinski definition) is 0. The average molecular weight is 408 g/mol. The minimum atomic E-state index is -0.710. The molecule has 0 aliphatic heterocycles. The number of benzene rings is 2. The van der Waals surface area contributed by atoms with E-state index in [4.69, 9.17) is 9.47 Å². The molecule has 7 nitrogen and oxygen atoms in total. The molecule has 0 N–H and O–H groups in total. The van der Waals surface area contributed by atoms with Crippen LogP contribution in [0.25, 0.3) is 0 Å². The van der Waals surface area contributed by atoms with E-state index < -0.39 is 23.3 Å². The predicted molar refractivity (Wildman–Crippen MR) is 92.8 cm³/mol. The minimum Gasteiger partial charge on any atom is -0.482 e. The minimum absolute atomic E-state index is 0.110. The van der Waals surface area contributed by atoms with Crippen molar-refractivity contribution >= 4 is 33.4 Å². The molecule has 0 unspecified atom stereocenters. The molecule has 0 aromatic heterocycles. The van der Waals surface area contributed by atoms with Gasteiger partial charge in [-0.05, 0) is 31.2 Å². The van der Waals surface area contributed by atoms with E-state index in [9.17, 15) is 19.7 Å². The molecule has 0 atom stereocenters. The number of ketones is 1. The summed E-state index contributed by atoms with van der Waals surface area (Å²) in [6.07, 6.45) is 0. The van der Waals surface area contributed by atoms with Gasteiger partial charge < -0.3 is 9.47 Å². The number of ether oxygens (including phenoxy) is 2. The summed E-state index contributed by atoms with van der Waals surface area (Å²) in [6, 6.07) is 11.0. The highest BCUT2D eigenvalue weighted by molar-refractivity contribution is 9.10. The summed E-state index contributed by atoms with van der Waals surface area (Å²) >= 11 is 3.28. The fourth-order valence-corrected chi connectivity index (χ4v) is 2.19. The molecule has 0 amide bonds. The van der Waals surface area contributed by atoms with Crippen LogP contribution in [0.4, 0.5) is 5.69 Å². The number of carbonyl (C=O) groups excluding carboxylic acids is 2. The molecule has 0 aliphatic rings. The first kappa shape index (κ1) is 18.6. The van der Waals surface area contributed by atoms with Crippen LogP contribution in [0.1, 0.15) is 15.9 Å². The van der Waals surface area contributed by atoms with Crippen molar-refractivity contribution in [3.05, 3.63) is 68.2 Å². The standard InChI is InChI=1S/C17H14BrNO6/c1-11-2-3-12(8-15(11)19(22)23)16(20)9-25-17(21)10-24-14-6-4-13(18)5-7-14/h2-8H,9-10H2,1H3. The smallest absolute Gasteiger partial charge is 0.344 e. The highest BCUT2D eigenvalue weighted by Gasteiger charge is 2.16. The van der Waals surface area contributed by atoms with Crippen molar-refractivity contribution in [1.29, 1.82) is 0 Å². The molecule has 0 fully saturated rings. The molecular formula is C17H14BrNO6. The van der Waals surface area contributed by atoms with E-state index in [1.54, 1.807) is 31.2 Å². The summed E-state index contributed by atoms with van der Waals surface area (Å²) in [4.78, 5) is 34.0. The lowest BCUT2D eigenvalue weighted by Gasteiger charge is -2.07. The maximum absolute atomic E-state index is 12.0. The Labute approximate surface area is 151 Å². The number of nitrogens with zero attached hydrogens (tertiary/aromatic N) is 1. The number of halogens is 1. The zero-order valence-corrected chi connectivity index (χ0v) is 14.8. The lowest BCUT2D eigenvalue weighted by molar-refractivity contribution is -0.385. The Hall–Kier alpha value is -2.74. The van der Waals surface area contributed by atoms with Crippen LogP contribution in [0.2, 0.25) is 0 Å². The predicted octanol–water partition coefficient (Wildman–Crippen LogP) is 3.47. The van der Waals surface area contributed by atoms with Gasteiger partial charge >= 0.3 is 5.97 Å². The van der Waals surface area contributed by atoms with Crippen LogP contribution in [0, 0.1) is 17.0 Å². The summed E-state index contributed by atoms with van der Waals surface area (Å²) in [5, 5.41) is 10.9. The van der Waals surface area contributed by atoms with E-state index in [1.807, 2.05) is 0 Å². The quantitative estimate of drug-likeness (QED) is 0.301. The van der Waals surface area contributed by atoms with E-state index in [2.05, 4.69) is 15.9 Å². The van der Waals surface area contributed by atoms with E-state index in [1.165, 1.54) is 18.2 Å². The van der Waals surface area contributed by atoms with Crippen molar-refractivity contribution in [1.82, 2.24) is 0 Å². The third-order valence-corrected chi connectivity index (χ3v) is 3.79. The molecule has 2 aromatic carbocycles. The number of carbonyl (C=O) groups is 2. The fourth-order valence-electron chi connectivity index (χ4n) is 1.92. The number of esters is 1.